The molecule has 3 aromatic heterocycles. The molecule has 0 saturated carbocycles. The number of furan rings is 1. The molecule has 0 amide bonds. The second-order valence-corrected chi connectivity index (χ2v) is 22.4. The molecule has 301 valence electrons. The molecule has 0 fully saturated rings. The molecule has 9 rings (SSSR count). The molecule has 0 aliphatic carbocycles. The quantitative estimate of drug-likeness (QED) is 0.118. The number of nitrogens with zero attached hydrogens (tertiary/aromatic N) is 2. The van der Waals surface area contributed by atoms with Crippen LogP contribution in [0.3, 0.4) is 0 Å². The Hall–Kier alpha value is -5.71. The summed E-state index contributed by atoms with van der Waals surface area (Å²) in [4.78, 5) is 9.32. The molecule has 60 heavy (non-hydrogen) atoms. The van der Waals surface area contributed by atoms with Gasteiger partial charge in [-0.15, -0.1) is 47.5 Å². The van der Waals surface area contributed by atoms with Crippen LogP contribution in [0.25, 0.3) is 77.8 Å². The molecule has 6 aromatic carbocycles. The summed E-state index contributed by atoms with van der Waals surface area (Å²) in [5.41, 5.74) is 13.1. The van der Waals surface area contributed by atoms with Gasteiger partial charge in [0.15, 0.2) is 0 Å². The van der Waals surface area contributed by atoms with Crippen molar-refractivity contribution in [1.82, 2.24) is 9.97 Å². The van der Waals surface area contributed by atoms with Gasteiger partial charge in [0.25, 0.3) is 0 Å². The van der Waals surface area contributed by atoms with Crippen LogP contribution in [-0.4, -0.2) is 18.0 Å². The summed E-state index contributed by atoms with van der Waals surface area (Å²) >= 11 is 0. The third-order valence-electron chi connectivity index (χ3n) is 10.5. The average Bonchev–Trinajstić information content (AvgIpc) is 3.65. The third-order valence-corrected chi connectivity index (χ3v) is 12.5. The van der Waals surface area contributed by atoms with Gasteiger partial charge in [-0.05, 0) is 68.9 Å². The van der Waals surface area contributed by atoms with Crippen molar-refractivity contribution >= 4 is 35.2 Å². The maximum atomic E-state index is 7.84. The Morgan fingerprint density at radius 1 is 0.633 bits per heavy atom. The second kappa shape index (κ2) is 17.9. The molecule has 3 heterocycles. The van der Waals surface area contributed by atoms with E-state index in [1.54, 1.807) is 6.07 Å². The molecule has 0 aliphatic rings. The zero-order valence-electron chi connectivity index (χ0n) is 37.9. The van der Waals surface area contributed by atoms with Crippen molar-refractivity contribution in [2.75, 3.05) is 0 Å². The number of fused-ring (bicyclic) bond motifs is 3. The standard InChI is InChI=1S/C34H28NO.C21H22NSi.Ir/c1-34(2,3)22-23-17-18-35-31(19-23)28-16-10-15-27-30-21-26(24-11-6-4-7-12-24)20-29(33(30)36-32(27)28)25-13-8-5-9-14-25;1-16-10-11-18(14-20(16)17-8-6-5-7-9-17)21-13-12-19(15-22-21)23(2,3)4;/h4-15,17-21H,22H2,1-3H3;5-10,12-15H,1-4H3;/q2*-1;/i;1D3;. The van der Waals surface area contributed by atoms with Crippen LogP contribution >= 0.6 is 0 Å². The summed E-state index contributed by atoms with van der Waals surface area (Å²) < 4.78 is 30.2. The number of aryl methyl sites for hydroxylation is 1. The Balaban J connectivity index is 0.000000196. The maximum absolute atomic E-state index is 7.84. The van der Waals surface area contributed by atoms with E-state index in [0.29, 0.717) is 11.1 Å². The molecular formula is C55H50IrN2OSi-2. The fraction of sp³-hybridized carbons (Fsp3) is 0.164. The summed E-state index contributed by atoms with van der Waals surface area (Å²) in [6, 6.07) is 57.6. The molecular weight excluding hydrogens is 925 g/mol. The van der Waals surface area contributed by atoms with Gasteiger partial charge in [0.2, 0.25) is 0 Å². The van der Waals surface area contributed by atoms with Gasteiger partial charge in [-0.25, -0.2) is 0 Å². The molecule has 0 aliphatic heterocycles. The smallest absolute Gasteiger partial charge is 0.128 e. The van der Waals surface area contributed by atoms with Gasteiger partial charge in [0, 0.05) is 47.6 Å². The first-order valence-electron chi connectivity index (χ1n) is 21.7. The van der Waals surface area contributed by atoms with E-state index < -0.39 is 14.9 Å². The van der Waals surface area contributed by atoms with Crippen LogP contribution in [-0.2, 0) is 26.5 Å². The maximum Gasteiger partial charge on any atom is 0.128 e. The molecule has 9 aromatic rings. The first-order chi connectivity index (χ1) is 29.6. The number of hydrogen-bond donors (Lipinski definition) is 0. The first kappa shape index (κ1) is 38.5. The molecule has 0 spiro atoms. The fourth-order valence-corrected chi connectivity index (χ4v) is 8.52. The Bertz CT molecular complexity index is 2970. The first-order valence-corrected chi connectivity index (χ1v) is 23.7. The van der Waals surface area contributed by atoms with Crippen LogP contribution < -0.4 is 5.19 Å². The Morgan fingerprint density at radius 3 is 1.92 bits per heavy atom. The monoisotopic (exact) mass is 978 g/mol. The Morgan fingerprint density at radius 2 is 1.30 bits per heavy atom. The van der Waals surface area contributed by atoms with Gasteiger partial charge in [-0.3, -0.25) is 0 Å². The fourth-order valence-electron chi connectivity index (χ4n) is 7.49. The number of pyridine rings is 2. The van der Waals surface area contributed by atoms with E-state index in [1.807, 2.05) is 67.0 Å². The molecule has 0 N–H and O–H groups in total. The predicted molar refractivity (Wildman–Crippen MR) is 251 cm³/mol. The van der Waals surface area contributed by atoms with E-state index in [1.165, 1.54) is 21.9 Å². The zero-order valence-corrected chi connectivity index (χ0v) is 38.3. The van der Waals surface area contributed by atoms with Crippen LogP contribution in [0.2, 0.25) is 19.6 Å². The largest absolute Gasteiger partial charge is 0.500 e. The summed E-state index contributed by atoms with van der Waals surface area (Å²) in [6.45, 7) is 11.4. The van der Waals surface area contributed by atoms with Gasteiger partial charge in [-0.1, -0.05) is 179 Å². The molecule has 5 heteroatoms. The van der Waals surface area contributed by atoms with Crippen LogP contribution in [0, 0.1) is 24.4 Å². The van der Waals surface area contributed by atoms with E-state index in [4.69, 9.17) is 13.5 Å². The van der Waals surface area contributed by atoms with Crippen molar-refractivity contribution in [2.24, 2.45) is 5.41 Å². The van der Waals surface area contributed by atoms with Crippen molar-refractivity contribution in [3.63, 3.8) is 0 Å². The topological polar surface area (TPSA) is 38.9 Å². The van der Waals surface area contributed by atoms with Crippen LogP contribution in [0.4, 0.5) is 0 Å². The summed E-state index contributed by atoms with van der Waals surface area (Å²) in [5.74, 6) is 0. The SMILES string of the molecule is CC(C)(C)Cc1ccnc(-c2[c-]ccc3c2oc2c(-c4ccccc4)cc(-c4ccccc4)cc23)c1.[2H]C([2H])([2H])c1c[c-]c(-c2ccc([Si](C)(C)C)cn2)cc1-c1ccccc1.[Ir]. The van der Waals surface area contributed by atoms with E-state index in [-0.39, 0.29) is 25.5 Å². The van der Waals surface area contributed by atoms with Gasteiger partial charge in [-0.2, -0.15) is 0 Å². The molecule has 0 bridgehead atoms. The van der Waals surface area contributed by atoms with Gasteiger partial charge < -0.3 is 14.4 Å². The van der Waals surface area contributed by atoms with Crippen molar-refractivity contribution in [3.8, 4) is 55.9 Å². The molecule has 0 unspecified atom stereocenters. The van der Waals surface area contributed by atoms with E-state index in [2.05, 4.69) is 149 Å². The number of hydrogen-bond acceptors (Lipinski definition) is 3. The summed E-state index contributed by atoms with van der Waals surface area (Å²) in [5, 5.41) is 3.48. The van der Waals surface area contributed by atoms with E-state index in [0.717, 1.165) is 67.6 Å². The van der Waals surface area contributed by atoms with Gasteiger partial charge >= 0.3 is 0 Å². The van der Waals surface area contributed by atoms with Crippen molar-refractivity contribution in [1.29, 1.82) is 0 Å². The Kier molecular flexibility index (Phi) is 11.5. The normalized spacial score (nSPS) is 12.5. The van der Waals surface area contributed by atoms with Crippen molar-refractivity contribution in [2.45, 2.75) is 53.7 Å². The number of aromatic nitrogens is 2. The average molecular weight is 978 g/mol. The molecule has 0 saturated heterocycles. The molecule has 3 nitrogen and oxygen atoms in total. The number of rotatable bonds is 7. The Labute approximate surface area is 374 Å². The number of benzene rings is 6. The van der Waals surface area contributed by atoms with Gasteiger partial charge in [0.05, 0.1) is 13.7 Å². The van der Waals surface area contributed by atoms with Crippen LogP contribution in [0.1, 0.15) is 36.0 Å². The predicted octanol–water partition coefficient (Wildman–Crippen LogP) is 14.4. The van der Waals surface area contributed by atoms with Gasteiger partial charge in [0.1, 0.15) is 5.58 Å². The summed E-state index contributed by atoms with van der Waals surface area (Å²) in [6.07, 6.45) is 4.82. The minimum Gasteiger partial charge on any atom is -0.500 e. The van der Waals surface area contributed by atoms with Crippen molar-refractivity contribution < 1.29 is 28.6 Å². The minimum absolute atomic E-state index is 0. The molecule has 1 radical (unpaired) electrons. The second-order valence-electron chi connectivity index (χ2n) is 17.3. The minimum atomic E-state index is -2.19. The zero-order chi connectivity index (χ0) is 43.6. The van der Waals surface area contributed by atoms with E-state index >= 15 is 0 Å². The third kappa shape index (κ3) is 9.51. The summed E-state index contributed by atoms with van der Waals surface area (Å²) in [7, 11) is -1.40. The van der Waals surface area contributed by atoms with Crippen molar-refractivity contribution in [3.05, 3.63) is 187 Å². The van der Waals surface area contributed by atoms with E-state index in [9.17, 15) is 0 Å². The molecule has 0 atom stereocenters. The van der Waals surface area contributed by atoms with Crippen LogP contribution in [0.5, 0.6) is 0 Å². The van der Waals surface area contributed by atoms with Crippen LogP contribution in [0.15, 0.2) is 168 Å².